The largest absolute Gasteiger partial charge is 0.485 e. The number of hydrogen-bond acceptors (Lipinski definition) is 5. The van der Waals surface area contributed by atoms with E-state index in [0.717, 1.165) is 39.1 Å². The van der Waals surface area contributed by atoms with E-state index >= 15 is 0 Å². The maximum Gasteiger partial charge on any atom is 0.264 e. The van der Waals surface area contributed by atoms with Gasteiger partial charge in [0.1, 0.15) is 6.61 Å². The number of hydrogen-bond donors (Lipinski definition) is 2. The average molecular weight is 305 g/mol. The first-order valence-electron chi connectivity index (χ1n) is 7.92. The van der Waals surface area contributed by atoms with Gasteiger partial charge in [0.2, 0.25) is 6.10 Å². The van der Waals surface area contributed by atoms with Crippen LogP contribution in [0.5, 0.6) is 11.5 Å². The van der Waals surface area contributed by atoms with E-state index in [4.69, 9.17) is 9.47 Å². The monoisotopic (exact) mass is 305 g/mol. The first-order chi connectivity index (χ1) is 10.8. The molecule has 0 spiro atoms. The number of carbonyl (C=O) groups excluding carboxylic acids is 1. The Bertz CT molecular complexity index is 503. The Hall–Kier alpha value is -1.79. The van der Waals surface area contributed by atoms with Crippen molar-refractivity contribution in [2.24, 2.45) is 0 Å². The number of nitrogens with one attached hydrogen (secondary N) is 2. The summed E-state index contributed by atoms with van der Waals surface area (Å²) in [5, 5.41) is 6.27. The van der Waals surface area contributed by atoms with Crippen molar-refractivity contribution >= 4 is 5.91 Å². The van der Waals surface area contributed by atoms with Crippen LogP contribution in [0, 0.1) is 0 Å². The summed E-state index contributed by atoms with van der Waals surface area (Å²) in [5.74, 6) is 1.23. The second-order valence-corrected chi connectivity index (χ2v) is 5.60. The van der Waals surface area contributed by atoms with Crippen LogP contribution >= 0.6 is 0 Å². The number of benzene rings is 1. The number of para-hydroxylation sites is 2. The summed E-state index contributed by atoms with van der Waals surface area (Å²) in [7, 11) is 0. The molecule has 6 nitrogen and oxygen atoms in total. The Morgan fingerprint density at radius 1 is 1.27 bits per heavy atom. The highest BCUT2D eigenvalue weighted by atomic mass is 16.6. The number of amides is 1. The number of ether oxygens (including phenoxy) is 2. The van der Waals surface area contributed by atoms with Crippen LogP contribution in [0.1, 0.15) is 6.42 Å². The van der Waals surface area contributed by atoms with Gasteiger partial charge in [-0.1, -0.05) is 12.1 Å². The Balaban J connectivity index is 1.37. The van der Waals surface area contributed by atoms with Crippen molar-refractivity contribution in [2.75, 3.05) is 45.9 Å². The van der Waals surface area contributed by atoms with Gasteiger partial charge >= 0.3 is 0 Å². The van der Waals surface area contributed by atoms with E-state index < -0.39 is 6.10 Å². The quantitative estimate of drug-likeness (QED) is 0.763. The standard InChI is InChI=1S/C16H23N3O3/c20-16(18-6-3-9-19-10-7-17-8-11-19)15-12-21-13-4-1-2-5-14(13)22-15/h1-2,4-5,15,17H,3,6-12H2,(H,18,20). The first-order valence-corrected chi connectivity index (χ1v) is 7.92. The molecule has 2 aliphatic rings. The fraction of sp³-hybridized carbons (Fsp3) is 0.562. The SMILES string of the molecule is O=C(NCCCN1CCNCC1)C1COc2ccccc2O1. The summed E-state index contributed by atoms with van der Waals surface area (Å²) in [4.78, 5) is 14.5. The summed E-state index contributed by atoms with van der Waals surface area (Å²) >= 11 is 0. The lowest BCUT2D eigenvalue weighted by Gasteiger charge is -2.27. The molecule has 1 amide bonds. The minimum atomic E-state index is -0.561. The van der Waals surface area contributed by atoms with Crippen LogP contribution in [-0.2, 0) is 4.79 Å². The molecule has 120 valence electrons. The highest BCUT2D eigenvalue weighted by Crippen LogP contribution is 2.30. The molecule has 0 saturated carbocycles. The van der Waals surface area contributed by atoms with Crippen molar-refractivity contribution in [1.82, 2.24) is 15.5 Å². The molecule has 3 rings (SSSR count). The van der Waals surface area contributed by atoms with E-state index in [9.17, 15) is 4.79 Å². The molecule has 0 radical (unpaired) electrons. The van der Waals surface area contributed by atoms with Crippen LogP contribution in [0.3, 0.4) is 0 Å². The molecule has 1 unspecified atom stereocenters. The van der Waals surface area contributed by atoms with E-state index in [1.807, 2.05) is 24.3 Å². The first kappa shape index (κ1) is 15.1. The van der Waals surface area contributed by atoms with Gasteiger partial charge in [-0.15, -0.1) is 0 Å². The van der Waals surface area contributed by atoms with Gasteiger partial charge in [0, 0.05) is 32.7 Å². The number of rotatable bonds is 5. The molecule has 0 aliphatic carbocycles. The third-order valence-corrected chi connectivity index (χ3v) is 3.96. The van der Waals surface area contributed by atoms with Gasteiger partial charge in [-0.3, -0.25) is 4.79 Å². The molecule has 1 saturated heterocycles. The molecular formula is C16H23N3O3. The molecule has 2 N–H and O–H groups in total. The van der Waals surface area contributed by atoms with Crippen LogP contribution in [-0.4, -0.2) is 62.8 Å². The fourth-order valence-corrected chi connectivity index (χ4v) is 2.71. The Labute approximate surface area is 130 Å². The molecule has 6 heteroatoms. The van der Waals surface area contributed by atoms with Gasteiger partial charge in [0.05, 0.1) is 0 Å². The van der Waals surface area contributed by atoms with Crippen molar-refractivity contribution in [3.8, 4) is 11.5 Å². The van der Waals surface area contributed by atoms with Gasteiger partial charge in [-0.05, 0) is 25.1 Å². The molecular weight excluding hydrogens is 282 g/mol. The van der Waals surface area contributed by atoms with Crippen molar-refractivity contribution in [2.45, 2.75) is 12.5 Å². The van der Waals surface area contributed by atoms with Gasteiger partial charge in [0.25, 0.3) is 5.91 Å². The molecule has 1 aromatic rings. The topological polar surface area (TPSA) is 62.8 Å². The lowest BCUT2D eigenvalue weighted by Crippen LogP contribution is -2.46. The second kappa shape index (κ2) is 7.47. The third kappa shape index (κ3) is 3.90. The zero-order chi connectivity index (χ0) is 15.2. The minimum absolute atomic E-state index is 0.102. The van der Waals surface area contributed by atoms with Crippen molar-refractivity contribution in [3.05, 3.63) is 24.3 Å². The Kier molecular flexibility index (Phi) is 5.13. The third-order valence-electron chi connectivity index (χ3n) is 3.96. The van der Waals surface area contributed by atoms with E-state index in [2.05, 4.69) is 15.5 Å². The molecule has 1 atom stereocenters. The molecule has 0 aromatic heterocycles. The summed E-state index contributed by atoms with van der Waals surface area (Å²) in [6, 6.07) is 7.42. The van der Waals surface area contributed by atoms with Crippen molar-refractivity contribution < 1.29 is 14.3 Å². The zero-order valence-electron chi connectivity index (χ0n) is 12.7. The van der Waals surface area contributed by atoms with Gasteiger partial charge in [-0.2, -0.15) is 0 Å². The average Bonchev–Trinajstić information content (AvgIpc) is 2.59. The number of fused-ring (bicyclic) bond motifs is 1. The zero-order valence-corrected chi connectivity index (χ0v) is 12.7. The number of carbonyl (C=O) groups is 1. The maximum atomic E-state index is 12.1. The smallest absolute Gasteiger partial charge is 0.264 e. The number of nitrogens with zero attached hydrogens (tertiary/aromatic N) is 1. The molecule has 2 aliphatic heterocycles. The minimum Gasteiger partial charge on any atom is -0.485 e. The molecule has 1 fully saturated rings. The lowest BCUT2D eigenvalue weighted by atomic mass is 10.2. The molecule has 2 heterocycles. The van der Waals surface area contributed by atoms with E-state index in [1.165, 1.54) is 0 Å². The summed E-state index contributed by atoms with van der Waals surface area (Å²) in [6.45, 7) is 6.24. The fourth-order valence-electron chi connectivity index (χ4n) is 2.71. The van der Waals surface area contributed by atoms with Crippen molar-refractivity contribution in [3.63, 3.8) is 0 Å². The summed E-state index contributed by atoms with van der Waals surface area (Å²) in [5.41, 5.74) is 0. The highest BCUT2D eigenvalue weighted by molar-refractivity contribution is 5.81. The van der Waals surface area contributed by atoms with Crippen LogP contribution in [0.25, 0.3) is 0 Å². The van der Waals surface area contributed by atoms with E-state index in [-0.39, 0.29) is 12.5 Å². The van der Waals surface area contributed by atoms with Crippen molar-refractivity contribution in [1.29, 1.82) is 0 Å². The molecule has 1 aromatic carbocycles. The van der Waals surface area contributed by atoms with Crippen LogP contribution < -0.4 is 20.1 Å². The molecule has 0 bridgehead atoms. The van der Waals surface area contributed by atoms with E-state index in [0.29, 0.717) is 18.0 Å². The second-order valence-electron chi connectivity index (χ2n) is 5.60. The number of piperazine rings is 1. The van der Waals surface area contributed by atoms with Gasteiger partial charge < -0.3 is 25.0 Å². The predicted octanol–water partition coefficient (Wildman–Crippen LogP) is 0.238. The van der Waals surface area contributed by atoms with Gasteiger partial charge in [0.15, 0.2) is 11.5 Å². The Morgan fingerprint density at radius 2 is 2.05 bits per heavy atom. The summed E-state index contributed by atoms with van der Waals surface area (Å²) in [6.07, 6.45) is 0.393. The summed E-state index contributed by atoms with van der Waals surface area (Å²) < 4.78 is 11.2. The maximum absolute atomic E-state index is 12.1. The highest BCUT2D eigenvalue weighted by Gasteiger charge is 2.26. The molecule has 22 heavy (non-hydrogen) atoms. The lowest BCUT2D eigenvalue weighted by molar-refractivity contribution is -0.130. The van der Waals surface area contributed by atoms with Crippen LogP contribution in [0.2, 0.25) is 0 Å². The van der Waals surface area contributed by atoms with Crippen LogP contribution in [0.4, 0.5) is 0 Å². The van der Waals surface area contributed by atoms with Gasteiger partial charge in [-0.25, -0.2) is 0 Å². The van der Waals surface area contributed by atoms with E-state index in [1.54, 1.807) is 0 Å². The Morgan fingerprint density at radius 3 is 2.86 bits per heavy atom. The normalized spacial score (nSPS) is 21.4. The van der Waals surface area contributed by atoms with Crippen LogP contribution in [0.15, 0.2) is 24.3 Å². The predicted molar refractivity (Wildman–Crippen MR) is 83.3 cm³/mol.